The fourth-order valence-corrected chi connectivity index (χ4v) is 4.60. The summed E-state index contributed by atoms with van der Waals surface area (Å²) in [4.78, 5) is 12.1. The first-order valence-electron chi connectivity index (χ1n) is 9.40. The predicted molar refractivity (Wildman–Crippen MR) is 110 cm³/mol. The van der Waals surface area contributed by atoms with E-state index in [1.54, 1.807) is 29.7 Å². The van der Waals surface area contributed by atoms with Gasteiger partial charge in [-0.1, -0.05) is 37.2 Å². The van der Waals surface area contributed by atoms with Crippen LogP contribution in [0.4, 0.5) is 10.9 Å². The summed E-state index contributed by atoms with van der Waals surface area (Å²) in [5, 5.41) is 4.59. The number of ether oxygens (including phenoxy) is 1. The van der Waals surface area contributed by atoms with E-state index in [0.717, 1.165) is 27.0 Å². The Balaban J connectivity index is 1.46. The number of nitrogens with one attached hydrogen (secondary N) is 1. The van der Waals surface area contributed by atoms with Gasteiger partial charge in [-0.3, -0.25) is 0 Å². The number of fused-ring (bicyclic) bond motifs is 1. The molecule has 0 amide bonds. The lowest BCUT2D eigenvalue weighted by Gasteiger charge is -2.28. The summed E-state index contributed by atoms with van der Waals surface area (Å²) in [6.45, 7) is 9.23. The normalized spacial score (nSPS) is 16.0. The van der Waals surface area contributed by atoms with Gasteiger partial charge in [0.1, 0.15) is 5.75 Å². The van der Waals surface area contributed by atoms with E-state index in [4.69, 9.17) is 16.3 Å². The second-order valence-corrected chi connectivity index (χ2v) is 8.08. The number of thiazole rings is 1. The summed E-state index contributed by atoms with van der Waals surface area (Å²) in [6.07, 6.45) is 8.28. The van der Waals surface area contributed by atoms with Crippen molar-refractivity contribution in [1.29, 1.82) is 0 Å². The van der Waals surface area contributed by atoms with Crippen LogP contribution in [0.2, 0.25) is 0 Å². The van der Waals surface area contributed by atoms with E-state index in [2.05, 4.69) is 22.1 Å². The Morgan fingerprint density at radius 1 is 1.19 bits per heavy atom. The molecule has 2 heterocycles. The first kappa shape index (κ1) is 17.7. The number of benzene rings is 1. The molecule has 3 aromatic rings. The van der Waals surface area contributed by atoms with E-state index in [1.807, 2.05) is 18.2 Å². The summed E-state index contributed by atoms with van der Waals surface area (Å²) in [7, 11) is 0. The van der Waals surface area contributed by atoms with Crippen LogP contribution in [0.1, 0.15) is 39.0 Å². The molecule has 1 atom stereocenters. The van der Waals surface area contributed by atoms with E-state index in [9.17, 15) is 0 Å². The zero-order valence-corrected chi connectivity index (χ0v) is 16.1. The molecule has 1 N–H and O–H groups in total. The average Bonchev–Trinajstić information content (AvgIpc) is 3.10. The van der Waals surface area contributed by atoms with Crippen molar-refractivity contribution >= 4 is 32.5 Å². The minimum Gasteiger partial charge on any atom is -0.453 e. The standard InChI is InChI=1S/C21H22N4OS/c1-14(15-6-4-3-5-7-15)24-21-25-18-10-8-16(12-19(18)27-21)26-17-9-11-20(22-2)23-13-17/h8-15H,3-7H2,1H3,(H,24,25)/t14-/m0/s1. The molecule has 0 saturated heterocycles. The van der Waals surface area contributed by atoms with E-state index < -0.39 is 0 Å². The van der Waals surface area contributed by atoms with Gasteiger partial charge in [-0.15, -0.1) is 4.98 Å². The largest absolute Gasteiger partial charge is 0.453 e. The van der Waals surface area contributed by atoms with Crippen LogP contribution in [0.3, 0.4) is 0 Å². The van der Waals surface area contributed by atoms with Crippen molar-refractivity contribution in [2.24, 2.45) is 5.92 Å². The molecule has 1 aromatic carbocycles. The molecule has 27 heavy (non-hydrogen) atoms. The Morgan fingerprint density at radius 2 is 2.00 bits per heavy atom. The molecule has 4 rings (SSSR count). The van der Waals surface area contributed by atoms with Gasteiger partial charge >= 0.3 is 0 Å². The van der Waals surface area contributed by atoms with Crippen molar-refractivity contribution < 1.29 is 4.74 Å². The number of anilines is 1. The molecule has 0 spiro atoms. The molecule has 2 aromatic heterocycles. The van der Waals surface area contributed by atoms with Gasteiger partial charge in [-0.05, 0) is 49.9 Å². The lowest BCUT2D eigenvalue weighted by molar-refractivity contribution is 0.328. The monoisotopic (exact) mass is 378 g/mol. The van der Waals surface area contributed by atoms with Crippen LogP contribution >= 0.6 is 11.3 Å². The second-order valence-electron chi connectivity index (χ2n) is 7.05. The van der Waals surface area contributed by atoms with Crippen molar-refractivity contribution in [3.05, 3.63) is 47.9 Å². The topological polar surface area (TPSA) is 51.4 Å². The fourth-order valence-electron chi connectivity index (χ4n) is 3.61. The van der Waals surface area contributed by atoms with Gasteiger partial charge in [0.15, 0.2) is 17.1 Å². The first-order chi connectivity index (χ1) is 13.2. The highest BCUT2D eigenvalue weighted by Crippen LogP contribution is 2.33. The molecule has 0 bridgehead atoms. The summed E-state index contributed by atoms with van der Waals surface area (Å²) < 4.78 is 6.96. The van der Waals surface area contributed by atoms with Crippen LogP contribution < -0.4 is 10.1 Å². The molecule has 5 nitrogen and oxygen atoms in total. The zero-order valence-electron chi connectivity index (χ0n) is 15.3. The van der Waals surface area contributed by atoms with Crippen LogP contribution in [0.25, 0.3) is 15.1 Å². The van der Waals surface area contributed by atoms with Crippen molar-refractivity contribution in [2.75, 3.05) is 5.32 Å². The Labute approximate surface area is 163 Å². The zero-order chi connectivity index (χ0) is 18.6. The Bertz CT molecular complexity index is 954. The first-order valence-corrected chi connectivity index (χ1v) is 10.2. The summed E-state index contributed by atoms with van der Waals surface area (Å²) >= 11 is 1.66. The van der Waals surface area contributed by atoms with E-state index in [0.29, 0.717) is 17.6 Å². The molecule has 0 unspecified atom stereocenters. The molecular weight excluding hydrogens is 356 g/mol. The number of hydrogen-bond acceptors (Lipinski definition) is 5. The highest BCUT2D eigenvalue weighted by Gasteiger charge is 2.20. The maximum atomic E-state index is 6.95. The van der Waals surface area contributed by atoms with Crippen molar-refractivity contribution in [3.63, 3.8) is 0 Å². The van der Waals surface area contributed by atoms with Gasteiger partial charge in [-0.25, -0.2) is 4.98 Å². The Hall–Kier alpha value is -2.65. The highest BCUT2D eigenvalue weighted by atomic mass is 32.1. The lowest BCUT2D eigenvalue weighted by atomic mass is 9.85. The Morgan fingerprint density at radius 3 is 2.74 bits per heavy atom. The molecule has 0 aliphatic heterocycles. The summed E-state index contributed by atoms with van der Waals surface area (Å²) in [5.74, 6) is 2.48. The third kappa shape index (κ3) is 4.20. The van der Waals surface area contributed by atoms with Gasteiger partial charge in [0.2, 0.25) is 0 Å². The number of pyridine rings is 1. The predicted octanol–water partition coefficient (Wildman–Crippen LogP) is 6.42. The van der Waals surface area contributed by atoms with Gasteiger partial charge in [0.05, 0.1) is 10.2 Å². The van der Waals surface area contributed by atoms with E-state index in [1.165, 1.54) is 32.1 Å². The molecule has 1 aliphatic rings. The third-order valence-electron chi connectivity index (χ3n) is 5.14. The maximum Gasteiger partial charge on any atom is 0.269 e. The van der Waals surface area contributed by atoms with Crippen LogP contribution in [-0.4, -0.2) is 16.0 Å². The molecule has 138 valence electrons. The van der Waals surface area contributed by atoms with Gasteiger partial charge in [-0.2, -0.15) is 0 Å². The van der Waals surface area contributed by atoms with Crippen molar-refractivity contribution in [3.8, 4) is 11.5 Å². The number of rotatable bonds is 5. The molecule has 6 heteroatoms. The number of aromatic nitrogens is 2. The summed E-state index contributed by atoms with van der Waals surface area (Å²) in [5.41, 5.74) is 0.979. The van der Waals surface area contributed by atoms with Crippen molar-refractivity contribution in [2.45, 2.75) is 45.1 Å². The van der Waals surface area contributed by atoms with Crippen LogP contribution in [0.5, 0.6) is 11.5 Å². The molecule has 1 saturated carbocycles. The maximum absolute atomic E-state index is 6.95. The summed E-state index contributed by atoms with van der Waals surface area (Å²) in [6, 6.07) is 9.77. The minimum absolute atomic E-state index is 0.364. The van der Waals surface area contributed by atoms with Crippen molar-refractivity contribution in [1.82, 2.24) is 9.97 Å². The quantitative estimate of drug-likeness (QED) is 0.521. The van der Waals surface area contributed by atoms with Gasteiger partial charge in [0, 0.05) is 12.1 Å². The minimum atomic E-state index is 0.364. The average molecular weight is 379 g/mol. The van der Waals surface area contributed by atoms with E-state index in [-0.39, 0.29) is 0 Å². The van der Waals surface area contributed by atoms with Crippen LogP contribution in [-0.2, 0) is 0 Å². The third-order valence-corrected chi connectivity index (χ3v) is 6.09. The Kier molecular flexibility index (Phi) is 5.21. The lowest BCUT2D eigenvalue weighted by Crippen LogP contribution is -2.27. The number of nitrogens with zero attached hydrogens (tertiary/aromatic N) is 3. The molecule has 1 aliphatic carbocycles. The van der Waals surface area contributed by atoms with Crippen LogP contribution in [0, 0.1) is 12.5 Å². The fraction of sp³-hybridized carbons (Fsp3) is 0.381. The molecule has 0 radical (unpaired) electrons. The van der Waals surface area contributed by atoms with E-state index >= 15 is 0 Å². The van der Waals surface area contributed by atoms with Crippen LogP contribution in [0.15, 0.2) is 36.5 Å². The smallest absolute Gasteiger partial charge is 0.269 e. The molecule has 1 fully saturated rings. The van der Waals surface area contributed by atoms with Gasteiger partial charge < -0.3 is 14.9 Å². The SMILES string of the molecule is [C-]#[N+]c1ccc(Oc2ccc3nc(N[C@@H](C)C4CCCCC4)sc3c2)cn1. The molecular formula is C21H22N4OS. The number of hydrogen-bond donors (Lipinski definition) is 1. The van der Waals surface area contributed by atoms with Gasteiger partial charge in [0.25, 0.3) is 5.82 Å². The second kappa shape index (κ2) is 7.93. The highest BCUT2D eigenvalue weighted by molar-refractivity contribution is 7.22.